The quantitative estimate of drug-likeness (QED) is 0.477. The van der Waals surface area contributed by atoms with Crippen molar-refractivity contribution in [3.8, 4) is 5.75 Å². The highest BCUT2D eigenvalue weighted by Gasteiger charge is 2.09. The van der Waals surface area contributed by atoms with Crippen molar-refractivity contribution in [2.75, 3.05) is 6.61 Å². The molecular weight excluding hydrogens is 350 g/mol. The minimum absolute atomic E-state index is 0.147. The van der Waals surface area contributed by atoms with Gasteiger partial charge in [0.15, 0.2) is 5.69 Å². The fraction of sp³-hybridized carbons (Fsp3) is 0.182. The molecule has 0 fully saturated rings. The van der Waals surface area contributed by atoms with Crippen molar-refractivity contribution >= 4 is 33.4 Å². The molecule has 0 saturated heterocycles. The molecule has 1 heterocycles. The molecule has 2 aromatic rings. The zero-order valence-electron chi connectivity index (χ0n) is 10.2. The number of ether oxygens (including phenoxy) is 1. The number of carbonyl (C=O) groups is 1. The third-order valence-corrected chi connectivity index (χ3v) is 3.16. The topological polar surface area (TPSA) is 95.1 Å². The van der Waals surface area contributed by atoms with Gasteiger partial charge in [0, 0.05) is 4.47 Å². The van der Waals surface area contributed by atoms with E-state index in [1.165, 1.54) is 10.9 Å². The van der Waals surface area contributed by atoms with Crippen molar-refractivity contribution in [3.05, 3.63) is 39.6 Å². The molecule has 106 valence electrons. The summed E-state index contributed by atoms with van der Waals surface area (Å²) in [7, 11) is 0. The first-order valence-electron chi connectivity index (χ1n) is 5.59. The predicted molar refractivity (Wildman–Crippen MR) is 76.3 cm³/mol. The largest absolute Gasteiger partial charge is 0.490 e. The van der Waals surface area contributed by atoms with Crippen molar-refractivity contribution < 1.29 is 9.53 Å². The van der Waals surface area contributed by atoms with Crippen molar-refractivity contribution in [1.82, 2.24) is 20.4 Å². The number of hydrogen-bond donors (Lipinski definition) is 2. The van der Waals surface area contributed by atoms with Crippen molar-refractivity contribution in [2.45, 2.75) is 6.54 Å². The standard InChI is InChI=1S/C11H11BrClN5O2/c12-7-1-2-10(8(13)5-7)20-4-3-18-6-9(16-17-18)11(19)15-14/h1-2,5-6H,3-4,14H2,(H,15,19). The van der Waals surface area contributed by atoms with E-state index < -0.39 is 5.91 Å². The lowest BCUT2D eigenvalue weighted by atomic mass is 10.3. The number of nitrogens with one attached hydrogen (secondary N) is 1. The summed E-state index contributed by atoms with van der Waals surface area (Å²) < 4.78 is 7.89. The zero-order valence-corrected chi connectivity index (χ0v) is 12.6. The van der Waals surface area contributed by atoms with Crippen LogP contribution in [0.3, 0.4) is 0 Å². The van der Waals surface area contributed by atoms with Crippen LogP contribution in [0.25, 0.3) is 0 Å². The molecule has 0 spiro atoms. The number of rotatable bonds is 5. The Morgan fingerprint density at radius 1 is 1.55 bits per heavy atom. The maximum atomic E-state index is 11.2. The van der Waals surface area contributed by atoms with Gasteiger partial charge in [-0.2, -0.15) is 0 Å². The van der Waals surface area contributed by atoms with Crippen LogP contribution in [0, 0.1) is 0 Å². The van der Waals surface area contributed by atoms with Gasteiger partial charge in [-0.3, -0.25) is 10.2 Å². The number of nitrogen functional groups attached to an aromatic ring is 1. The first-order chi connectivity index (χ1) is 9.60. The molecule has 9 heteroatoms. The Balaban J connectivity index is 1.89. The average molecular weight is 361 g/mol. The number of amides is 1. The van der Waals surface area contributed by atoms with E-state index in [4.69, 9.17) is 22.2 Å². The van der Waals surface area contributed by atoms with Crippen LogP contribution >= 0.6 is 27.5 Å². The molecule has 0 saturated carbocycles. The molecular formula is C11H11BrClN5O2. The van der Waals surface area contributed by atoms with Crippen molar-refractivity contribution in [1.29, 1.82) is 0 Å². The summed E-state index contributed by atoms with van der Waals surface area (Å²) in [6.07, 6.45) is 1.48. The van der Waals surface area contributed by atoms with Crippen LogP contribution in [0.4, 0.5) is 0 Å². The Kier molecular flexibility index (Phi) is 4.94. The number of nitrogens with two attached hydrogens (primary N) is 1. The lowest BCUT2D eigenvalue weighted by molar-refractivity contribution is 0.0948. The number of aromatic nitrogens is 3. The van der Waals surface area contributed by atoms with Crippen LogP contribution in [0.2, 0.25) is 5.02 Å². The highest BCUT2D eigenvalue weighted by Crippen LogP contribution is 2.27. The Morgan fingerprint density at radius 3 is 3.05 bits per heavy atom. The summed E-state index contributed by atoms with van der Waals surface area (Å²) in [5, 5.41) is 7.97. The highest BCUT2D eigenvalue weighted by atomic mass is 79.9. The van der Waals surface area contributed by atoms with E-state index in [0.717, 1.165) is 4.47 Å². The molecule has 2 rings (SSSR count). The normalized spacial score (nSPS) is 10.3. The molecule has 0 bridgehead atoms. The van der Waals surface area contributed by atoms with Crippen LogP contribution in [0.15, 0.2) is 28.9 Å². The third-order valence-electron chi connectivity index (χ3n) is 2.37. The molecule has 0 aliphatic heterocycles. The fourth-order valence-electron chi connectivity index (χ4n) is 1.43. The number of hydrazine groups is 1. The van der Waals surface area contributed by atoms with Crippen LogP contribution in [0.5, 0.6) is 5.75 Å². The second kappa shape index (κ2) is 6.69. The lowest BCUT2D eigenvalue weighted by Crippen LogP contribution is -2.30. The monoisotopic (exact) mass is 359 g/mol. The molecule has 0 unspecified atom stereocenters. The molecule has 7 nitrogen and oxygen atoms in total. The molecule has 3 N–H and O–H groups in total. The van der Waals surface area contributed by atoms with Gasteiger partial charge in [-0.25, -0.2) is 10.5 Å². The summed E-state index contributed by atoms with van der Waals surface area (Å²) >= 11 is 9.33. The first kappa shape index (κ1) is 14.8. The van der Waals surface area contributed by atoms with Crippen LogP contribution in [-0.4, -0.2) is 27.5 Å². The van der Waals surface area contributed by atoms with Gasteiger partial charge in [0.1, 0.15) is 12.4 Å². The van der Waals surface area contributed by atoms with Gasteiger partial charge in [0.2, 0.25) is 0 Å². The Labute approximate surface area is 128 Å². The van der Waals surface area contributed by atoms with Gasteiger partial charge in [0.25, 0.3) is 5.91 Å². The molecule has 0 atom stereocenters. The molecule has 0 radical (unpaired) electrons. The Morgan fingerprint density at radius 2 is 2.35 bits per heavy atom. The van der Waals surface area contributed by atoms with Crippen molar-refractivity contribution in [3.63, 3.8) is 0 Å². The maximum Gasteiger partial charge on any atom is 0.287 e. The molecule has 1 amide bonds. The molecule has 0 aliphatic rings. The maximum absolute atomic E-state index is 11.2. The van der Waals surface area contributed by atoms with Gasteiger partial charge >= 0.3 is 0 Å². The number of benzene rings is 1. The Bertz CT molecular complexity index is 619. The SMILES string of the molecule is NNC(=O)c1cn(CCOc2ccc(Br)cc2Cl)nn1. The van der Waals surface area contributed by atoms with Crippen molar-refractivity contribution in [2.24, 2.45) is 5.84 Å². The van der Waals surface area contributed by atoms with Gasteiger partial charge in [0.05, 0.1) is 17.8 Å². The minimum Gasteiger partial charge on any atom is -0.490 e. The number of carbonyl (C=O) groups excluding carboxylic acids is 1. The Hall–Kier alpha value is -1.64. The van der Waals surface area contributed by atoms with E-state index in [0.29, 0.717) is 23.9 Å². The number of halogens is 2. The van der Waals surface area contributed by atoms with E-state index in [1.807, 2.05) is 11.5 Å². The van der Waals surface area contributed by atoms with E-state index in [-0.39, 0.29) is 5.69 Å². The van der Waals surface area contributed by atoms with Gasteiger partial charge in [-0.1, -0.05) is 32.7 Å². The van der Waals surface area contributed by atoms with E-state index in [1.54, 1.807) is 12.1 Å². The lowest BCUT2D eigenvalue weighted by Gasteiger charge is -2.07. The van der Waals surface area contributed by atoms with Gasteiger partial charge in [-0.05, 0) is 18.2 Å². The van der Waals surface area contributed by atoms with E-state index in [2.05, 4.69) is 26.2 Å². The number of hydrogen-bond acceptors (Lipinski definition) is 5. The summed E-state index contributed by atoms with van der Waals surface area (Å²) in [5.74, 6) is 5.08. The second-order valence-corrected chi connectivity index (χ2v) is 5.09. The third kappa shape index (κ3) is 3.69. The summed E-state index contributed by atoms with van der Waals surface area (Å²) in [4.78, 5) is 11.2. The molecule has 20 heavy (non-hydrogen) atoms. The first-order valence-corrected chi connectivity index (χ1v) is 6.76. The van der Waals surface area contributed by atoms with Crippen LogP contribution in [0.1, 0.15) is 10.5 Å². The van der Waals surface area contributed by atoms with E-state index in [9.17, 15) is 4.79 Å². The summed E-state index contributed by atoms with van der Waals surface area (Å²) in [5.41, 5.74) is 2.13. The molecule has 0 aliphatic carbocycles. The fourth-order valence-corrected chi connectivity index (χ4v) is 2.16. The minimum atomic E-state index is -0.492. The molecule has 1 aromatic heterocycles. The smallest absolute Gasteiger partial charge is 0.287 e. The number of nitrogens with zero attached hydrogens (tertiary/aromatic N) is 3. The average Bonchev–Trinajstić information content (AvgIpc) is 2.89. The van der Waals surface area contributed by atoms with Gasteiger partial charge in [-0.15, -0.1) is 5.10 Å². The second-order valence-electron chi connectivity index (χ2n) is 3.76. The van der Waals surface area contributed by atoms with Gasteiger partial charge < -0.3 is 4.74 Å². The summed E-state index contributed by atoms with van der Waals surface area (Å²) in [6.45, 7) is 0.769. The van der Waals surface area contributed by atoms with E-state index >= 15 is 0 Å². The predicted octanol–water partition coefficient (Wildman–Crippen LogP) is 1.38. The molecule has 1 aromatic carbocycles. The van der Waals surface area contributed by atoms with Crippen LogP contribution in [-0.2, 0) is 6.54 Å². The summed E-state index contributed by atoms with van der Waals surface area (Å²) in [6, 6.07) is 5.34. The van der Waals surface area contributed by atoms with Crippen LogP contribution < -0.4 is 16.0 Å². The highest BCUT2D eigenvalue weighted by molar-refractivity contribution is 9.10. The zero-order chi connectivity index (χ0) is 14.5.